The van der Waals surface area contributed by atoms with Gasteiger partial charge in [-0.3, -0.25) is 13.6 Å². The van der Waals surface area contributed by atoms with Crippen LogP contribution in [0.3, 0.4) is 0 Å². The fourth-order valence-electron chi connectivity index (χ4n) is 5.87. The lowest BCUT2D eigenvalue weighted by atomic mass is 9.94. The van der Waals surface area contributed by atoms with E-state index in [1.54, 1.807) is 0 Å². The number of ether oxygens (including phenoxy) is 4. The predicted octanol–water partition coefficient (Wildman–Crippen LogP) is 7.38. The average molecular weight is 741 g/mol. The summed E-state index contributed by atoms with van der Waals surface area (Å²) in [4.78, 5) is 0. The summed E-state index contributed by atoms with van der Waals surface area (Å²) in [5.41, 5.74) is 4.10. The fourth-order valence-corrected chi connectivity index (χ4v) is 7.11. The summed E-state index contributed by atoms with van der Waals surface area (Å²) in [6.07, 6.45) is -7.14. The zero-order valence-electron chi connectivity index (χ0n) is 29.2. The van der Waals surface area contributed by atoms with Crippen molar-refractivity contribution in [2.24, 2.45) is 0 Å². The highest BCUT2D eigenvalue weighted by molar-refractivity contribution is 7.48. The summed E-state index contributed by atoms with van der Waals surface area (Å²) >= 11 is 0. The van der Waals surface area contributed by atoms with E-state index in [9.17, 15) is 14.8 Å². The van der Waals surface area contributed by atoms with Gasteiger partial charge in [0.25, 0.3) is 0 Å². The maximum Gasteiger partial charge on any atom is 0.477 e. The molecular weight excluding hydrogens is 695 g/mol. The molecule has 0 radical (unpaired) electrons. The van der Waals surface area contributed by atoms with E-state index in [2.05, 4.69) is 0 Å². The predicted molar refractivity (Wildman–Crippen MR) is 198 cm³/mol. The topological polar surface area (TPSA) is 122 Å². The first-order valence-electron chi connectivity index (χ1n) is 17.6. The summed E-state index contributed by atoms with van der Waals surface area (Å²) in [7, 11) is -4.45. The van der Waals surface area contributed by atoms with Gasteiger partial charge in [-0.25, -0.2) is 4.57 Å². The molecule has 0 amide bonds. The Hall–Kier alpha value is -4.03. The first-order chi connectivity index (χ1) is 26.0. The molecule has 2 N–H and O–H groups in total. The van der Waals surface area contributed by atoms with E-state index in [0.29, 0.717) is 0 Å². The Morgan fingerprint density at radius 2 is 0.849 bits per heavy atom. The maximum atomic E-state index is 14.7. The highest BCUT2D eigenvalue weighted by Crippen LogP contribution is 2.54. The van der Waals surface area contributed by atoms with Crippen LogP contribution in [0.2, 0.25) is 0 Å². The molecule has 0 aliphatic carbocycles. The molecule has 5 aromatic carbocycles. The molecule has 11 heteroatoms. The lowest BCUT2D eigenvalue weighted by molar-refractivity contribution is -0.321. The second kappa shape index (κ2) is 19.9. The Morgan fingerprint density at radius 1 is 0.509 bits per heavy atom. The van der Waals surface area contributed by atoms with Crippen molar-refractivity contribution in [3.05, 3.63) is 179 Å². The van der Waals surface area contributed by atoms with Gasteiger partial charge >= 0.3 is 7.82 Å². The normalized spacial score (nSPS) is 20.9. The molecular formula is C42H45O10P. The number of aliphatic hydroxyl groups excluding tert-OH is 2. The standard InChI is InChI=1S/C42H45O10P/c43-26-37(44)38-39(46-27-32-16-6-1-7-17-32)40(47-28-33-18-8-2-9-19-33)41(48-29-34-20-10-3-11-21-34)42(51-38)52-53(45,49-30-35-22-12-4-13-23-35)50-31-36-24-14-5-15-25-36/h1-25,37-44H,26-31H2/t37-,38-,39-,40+,41+,42+/m1/s1. The van der Waals surface area contributed by atoms with E-state index < -0.39 is 51.2 Å². The Bertz CT molecular complexity index is 1750. The van der Waals surface area contributed by atoms with E-state index in [1.807, 2.05) is 152 Å². The highest BCUT2D eigenvalue weighted by atomic mass is 31.2. The number of hydrogen-bond donors (Lipinski definition) is 2. The first kappa shape index (κ1) is 38.7. The zero-order chi connectivity index (χ0) is 36.7. The largest absolute Gasteiger partial charge is 0.477 e. The van der Waals surface area contributed by atoms with Crippen LogP contribution in [0, 0.1) is 0 Å². The van der Waals surface area contributed by atoms with Gasteiger partial charge in [-0.15, -0.1) is 0 Å². The summed E-state index contributed by atoms with van der Waals surface area (Å²) in [5, 5.41) is 21.5. The molecule has 10 nitrogen and oxygen atoms in total. The zero-order valence-corrected chi connectivity index (χ0v) is 30.1. The van der Waals surface area contributed by atoms with Gasteiger partial charge in [-0.1, -0.05) is 152 Å². The van der Waals surface area contributed by atoms with Gasteiger partial charge in [0.1, 0.15) is 30.5 Å². The SMILES string of the molecule is O=P(OCc1ccccc1)(OCc1ccccc1)O[C@@H]1O[C@H]([C@H](O)CO)[C@@H](OCc2ccccc2)[C@H](OCc2ccccc2)[C@@H]1OCc1ccccc1. The number of benzene rings is 5. The third kappa shape index (κ3) is 11.5. The second-order valence-electron chi connectivity index (χ2n) is 12.6. The van der Waals surface area contributed by atoms with Crippen LogP contribution >= 0.6 is 7.82 Å². The van der Waals surface area contributed by atoms with E-state index in [-0.39, 0.29) is 33.0 Å². The summed E-state index contributed by atoms with van der Waals surface area (Å²) < 4.78 is 59.0. The number of aliphatic hydroxyl groups is 2. The van der Waals surface area contributed by atoms with Crippen LogP contribution in [0.25, 0.3) is 0 Å². The van der Waals surface area contributed by atoms with Crippen molar-refractivity contribution >= 4 is 7.82 Å². The molecule has 0 saturated carbocycles. The molecule has 1 saturated heterocycles. The van der Waals surface area contributed by atoms with Gasteiger partial charge in [-0.05, 0) is 27.8 Å². The average Bonchev–Trinajstić information content (AvgIpc) is 3.22. The molecule has 1 aliphatic heterocycles. The van der Waals surface area contributed by atoms with Crippen molar-refractivity contribution in [2.45, 2.75) is 69.8 Å². The number of rotatable bonds is 19. The van der Waals surface area contributed by atoms with Crippen LogP contribution < -0.4 is 0 Å². The van der Waals surface area contributed by atoms with E-state index >= 15 is 0 Å². The third-order valence-corrected chi connectivity index (χ3v) is 10.0. The summed E-state index contributed by atoms with van der Waals surface area (Å²) in [6, 6.07) is 47.1. The maximum absolute atomic E-state index is 14.7. The molecule has 5 aromatic rings. The molecule has 0 aromatic heterocycles. The van der Waals surface area contributed by atoms with E-state index in [4.69, 9.17) is 32.5 Å². The first-order valence-corrected chi connectivity index (χ1v) is 19.0. The third-order valence-electron chi connectivity index (χ3n) is 8.65. The highest BCUT2D eigenvalue weighted by Gasteiger charge is 2.53. The molecule has 278 valence electrons. The molecule has 1 aliphatic rings. The molecule has 1 fully saturated rings. The van der Waals surface area contributed by atoms with Gasteiger partial charge in [0.15, 0.2) is 6.29 Å². The summed E-state index contributed by atoms with van der Waals surface area (Å²) in [5.74, 6) is 0. The van der Waals surface area contributed by atoms with Gasteiger partial charge in [0.05, 0.1) is 39.6 Å². The van der Waals surface area contributed by atoms with Gasteiger partial charge < -0.3 is 29.2 Å². The molecule has 1 heterocycles. The molecule has 6 atom stereocenters. The van der Waals surface area contributed by atoms with Crippen molar-refractivity contribution in [2.75, 3.05) is 6.61 Å². The minimum Gasteiger partial charge on any atom is -0.394 e. The number of phosphoric acid groups is 1. The second-order valence-corrected chi connectivity index (χ2v) is 14.2. The van der Waals surface area contributed by atoms with Crippen molar-refractivity contribution in [1.82, 2.24) is 0 Å². The molecule has 53 heavy (non-hydrogen) atoms. The lowest BCUT2D eigenvalue weighted by Gasteiger charge is -2.47. The van der Waals surface area contributed by atoms with Crippen LogP contribution in [0.15, 0.2) is 152 Å². The number of hydrogen-bond acceptors (Lipinski definition) is 10. The Kier molecular flexibility index (Phi) is 14.5. The quantitative estimate of drug-likeness (QED) is 0.0830. The minimum atomic E-state index is -4.45. The smallest absolute Gasteiger partial charge is 0.394 e. The van der Waals surface area contributed by atoms with Gasteiger partial charge in [0, 0.05) is 0 Å². The lowest BCUT2D eigenvalue weighted by Crippen LogP contribution is -2.63. The summed E-state index contributed by atoms with van der Waals surface area (Å²) in [6.45, 7) is -0.439. The van der Waals surface area contributed by atoms with Crippen LogP contribution in [0.4, 0.5) is 0 Å². The van der Waals surface area contributed by atoms with Crippen molar-refractivity contribution in [3.8, 4) is 0 Å². The monoisotopic (exact) mass is 740 g/mol. The molecule has 6 rings (SSSR count). The number of phosphoric ester groups is 1. The van der Waals surface area contributed by atoms with Crippen LogP contribution in [0.5, 0.6) is 0 Å². The van der Waals surface area contributed by atoms with Crippen molar-refractivity contribution in [1.29, 1.82) is 0 Å². The van der Waals surface area contributed by atoms with E-state index in [1.165, 1.54) is 0 Å². The van der Waals surface area contributed by atoms with Crippen LogP contribution in [-0.2, 0) is 70.1 Å². The minimum absolute atomic E-state index is 0.0887. The van der Waals surface area contributed by atoms with Crippen molar-refractivity contribution < 1.29 is 47.3 Å². The Labute approximate surface area is 310 Å². The van der Waals surface area contributed by atoms with Crippen LogP contribution in [-0.4, -0.2) is 53.6 Å². The van der Waals surface area contributed by atoms with Gasteiger partial charge in [0.2, 0.25) is 0 Å². The molecule has 0 bridgehead atoms. The molecule has 0 unspecified atom stereocenters. The Morgan fingerprint density at radius 3 is 1.23 bits per heavy atom. The fraction of sp³-hybridized carbons (Fsp3) is 0.286. The van der Waals surface area contributed by atoms with E-state index in [0.717, 1.165) is 27.8 Å². The Balaban J connectivity index is 1.35. The molecule has 0 spiro atoms. The van der Waals surface area contributed by atoms with Crippen LogP contribution in [0.1, 0.15) is 27.8 Å². The van der Waals surface area contributed by atoms with Crippen molar-refractivity contribution in [3.63, 3.8) is 0 Å². The van der Waals surface area contributed by atoms with Gasteiger partial charge in [-0.2, -0.15) is 0 Å².